The third-order valence-corrected chi connectivity index (χ3v) is 6.28. The number of carbonyl (C=O) groups excluding carboxylic acids is 1. The van der Waals surface area contributed by atoms with Gasteiger partial charge in [-0.25, -0.2) is 0 Å². The van der Waals surface area contributed by atoms with Crippen LogP contribution in [-0.2, 0) is 13.1 Å². The molecule has 0 atom stereocenters. The van der Waals surface area contributed by atoms with Gasteiger partial charge in [0, 0.05) is 5.56 Å². The van der Waals surface area contributed by atoms with Gasteiger partial charge in [-0.05, 0) is 63.4 Å². The first kappa shape index (κ1) is 23.9. The molecule has 9 nitrogen and oxygen atoms in total. The number of benzene rings is 2. The van der Waals surface area contributed by atoms with Gasteiger partial charge in [-0.2, -0.15) is 10.2 Å². The Hall–Kier alpha value is -4.27. The van der Waals surface area contributed by atoms with Crippen molar-refractivity contribution in [2.45, 2.75) is 47.7 Å². The zero-order chi connectivity index (χ0) is 25.3. The van der Waals surface area contributed by atoms with Crippen molar-refractivity contribution in [1.29, 1.82) is 0 Å². The molecule has 2 aromatic carbocycles. The Kier molecular flexibility index (Phi) is 6.50. The average molecular weight is 473 g/mol. The molecule has 4 rings (SSSR count). The maximum atomic E-state index is 12.9. The third-order valence-electron chi connectivity index (χ3n) is 6.28. The van der Waals surface area contributed by atoms with Gasteiger partial charge >= 0.3 is 5.69 Å². The zero-order valence-electron chi connectivity index (χ0n) is 20.5. The van der Waals surface area contributed by atoms with E-state index >= 15 is 0 Å². The topological polar surface area (TPSA) is 108 Å². The molecule has 1 amide bonds. The van der Waals surface area contributed by atoms with Gasteiger partial charge in [0.05, 0.1) is 35.1 Å². The molecule has 35 heavy (non-hydrogen) atoms. The van der Waals surface area contributed by atoms with E-state index in [-0.39, 0.29) is 11.6 Å². The number of carbonyl (C=O) groups is 1. The molecule has 0 radical (unpaired) electrons. The molecule has 0 spiro atoms. The van der Waals surface area contributed by atoms with Crippen LogP contribution in [0.3, 0.4) is 0 Å². The number of nitrogens with one attached hydrogen (secondary N) is 1. The fraction of sp³-hybridized carbons (Fsp3) is 0.269. The van der Waals surface area contributed by atoms with Gasteiger partial charge in [0.25, 0.3) is 5.91 Å². The summed E-state index contributed by atoms with van der Waals surface area (Å²) in [7, 11) is 0. The number of aromatic nitrogens is 4. The van der Waals surface area contributed by atoms with Crippen LogP contribution in [0, 0.1) is 44.7 Å². The molecule has 0 unspecified atom stereocenters. The van der Waals surface area contributed by atoms with Gasteiger partial charge in [-0.15, -0.1) is 0 Å². The van der Waals surface area contributed by atoms with Gasteiger partial charge in [-0.1, -0.05) is 36.4 Å². The van der Waals surface area contributed by atoms with Crippen LogP contribution in [0.5, 0.6) is 0 Å². The van der Waals surface area contributed by atoms with E-state index in [0.717, 1.165) is 17.0 Å². The fourth-order valence-corrected chi connectivity index (χ4v) is 4.21. The van der Waals surface area contributed by atoms with Crippen molar-refractivity contribution in [2.75, 3.05) is 5.32 Å². The van der Waals surface area contributed by atoms with E-state index < -0.39 is 4.92 Å². The molecule has 0 bridgehead atoms. The quantitative estimate of drug-likeness (QED) is 0.305. The molecule has 1 N–H and O–H groups in total. The summed E-state index contributed by atoms with van der Waals surface area (Å²) in [5, 5.41) is 23.1. The largest absolute Gasteiger partial charge is 0.319 e. The van der Waals surface area contributed by atoms with Gasteiger partial charge in [0.15, 0.2) is 0 Å². The minimum atomic E-state index is -0.408. The molecule has 0 aliphatic carbocycles. The molecule has 0 fully saturated rings. The molecule has 2 aromatic heterocycles. The maximum absolute atomic E-state index is 12.9. The summed E-state index contributed by atoms with van der Waals surface area (Å²) < 4.78 is 3.52. The van der Waals surface area contributed by atoms with Crippen LogP contribution in [-0.4, -0.2) is 30.4 Å². The highest BCUT2D eigenvalue weighted by Gasteiger charge is 2.22. The average Bonchev–Trinajstić information content (AvgIpc) is 3.24. The van der Waals surface area contributed by atoms with Crippen molar-refractivity contribution in [3.8, 4) is 0 Å². The van der Waals surface area contributed by atoms with E-state index in [1.54, 1.807) is 30.7 Å². The lowest BCUT2D eigenvalue weighted by molar-refractivity contribution is -0.386. The predicted molar refractivity (Wildman–Crippen MR) is 134 cm³/mol. The van der Waals surface area contributed by atoms with E-state index in [4.69, 9.17) is 0 Å². The van der Waals surface area contributed by atoms with E-state index in [1.165, 1.54) is 11.1 Å². The second-order valence-electron chi connectivity index (χ2n) is 8.72. The Balaban J connectivity index is 1.48. The zero-order valence-corrected chi connectivity index (χ0v) is 20.5. The highest BCUT2D eigenvalue weighted by Crippen LogP contribution is 2.24. The Morgan fingerprint density at radius 1 is 0.886 bits per heavy atom. The Morgan fingerprint density at radius 3 is 2.14 bits per heavy atom. The second-order valence-corrected chi connectivity index (χ2v) is 8.72. The minimum absolute atomic E-state index is 0.0368. The van der Waals surface area contributed by atoms with E-state index in [1.807, 2.05) is 42.8 Å². The van der Waals surface area contributed by atoms with Crippen LogP contribution >= 0.6 is 0 Å². The van der Waals surface area contributed by atoms with E-state index in [0.29, 0.717) is 35.7 Å². The van der Waals surface area contributed by atoms with Crippen LogP contribution in [0.15, 0.2) is 48.5 Å². The lowest BCUT2D eigenvalue weighted by Crippen LogP contribution is -2.14. The molecule has 2 heterocycles. The second kappa shape index (κ2) is 9.54. The third kappa shape index (κ3) is 4.84. The highest BCUT2D eigenvalue weighted by molar-refractivity contribution is 6.04. The van der Waals surface area contributed by atoms with E-state index in [9.17, 15) is 14.9 Å². The smallest absolute Gasteiger partial charge is 0.312 e. The number of amides is 1. The lowest BCUT2D eigenvalue weighted by Gasteiger charge is -2.09. The SMILES string of the molecule is Cc1ccccc1Cn1nc(C)c(NC(=O)c2ccc(Cn3nc(C)c([N+](=O)[O-])c3C)cc2)c1C. The summed E-state index contributed by atoms with van der Waals surface area (Å²) in [5.74, 6) is -0.222. The van der Waals surface area contributed by atoms with Crippen LogP contribution in [0.4, 0.5) is 11.4 Å². The highest BCUT2D eigenvalue weighted by atomic mass is 16.6. The van der Waals surface area contributed by atoms with Gasteiger partial charge in [-0.3, -0.25) is 24.3 Å². The van der Waals surface area contributed by atoms with Crippen molar-refractivity contribution >= 4 is 17.3 Å². The number of nitrogens with zero attached hydrogens (tertiary/aromatic N) is 5. The van der Waals surface area contributed by atoms with Gasteiger partial charge in [0.2, 0.25) is 0 Å². The molecule has 0 aliphatic heterocycles. The molecule has 180 valence electrons. The van der Waals surface area contributed by atoms with Crippen molar-refractivity contribution < 1.29 is 9.72 Å². The van der Waals surface area contributed by atoms with Crippen LogP contribution < -0.4 is 5.32 Å². The normalized spacial score (nSPS) is 11.0. The Labute approximate surface area is 203 Å². The Bertz CT molecular complexity index is 1420. The standard InChI is InChI=1S/C26H28N6O3/c1-16-8-6-7-9-23(16)15-31-19(4)24(17(2)28-31)27-26(33)22-12-10-21(11-13-22)14-30-20(5)25(32(34)35)18(3)29-30/h6-13H,14-15H2,1-5H3,(H,27,33). The predicted octanol–water partition coefficient (Wildman–Crippen LogP) is 4.88. The first-order valence-electron chi connectivity index (χ1n) is 11.3. The summed E-state index contributed by atoms with van der Waals surface area (Å²) in [6.07, 6.45) is 0. The molecule has 0 aliphatic rings. The van der Waals surface area contributed by atoms with Crippen LogP contribution in [0.1, 0.15) is 49.8 Å². The Morgan fingerprint density at radius 2 is 1.51 bits per heavy atom. The molecule has 0 saturated carbocycles. The number of anilines is 1. The first-order valence-corrected chi connectivity index (χ1v) is 11.3. The summed E-state index contributed by atoms with van der Waals surface area (Å²) >= 11 is 0. The minimum Gasteiger partial charge on any atom is -0.319 e. The first-order chi connectivity index (χ1) is 16.7. The lowest BCUT2D eigenvalue weighted by atomic mass is 10.1. The number of rotatable bonds is 7. The number of hydrogen-bond donors (Lipinski definition) is 1. The fourth-order valence-electron chi connectivity index (χ4n) is 4.21. The molecular formula is C26H28N6O3. The monoisotopic (exact) mass is 472 g/mol. The molecular weight excluding hydrogens is 444 g/mol. The summed E-state index contributed by atoms with van der Waals surface area (Å²) in [6, 6.07) is 15.3. The number of aryl methyl sites for hydroxylation is 3. The van der Waals surface area contributed by atoms with Crippen molar-refractivity contribution in [2.24, 2.45) is 0 Å². The molecule has 9 heteroatoms. The van der Waals surface area contributed by atoms with Crippen molar-refractivity contribution in [3.05, 3.63) is 104 Å². The van der Waals surface area contributed by atoms with Crippen molar-refractivity contribution in [3.63, 3.8) is 0 Å². The maximum Gasteiger partial charge on any atom is 0.312 e. The van der Waals surface area contributed by atoms with Crippen LogP contribution in [0.25, 0.3) is 0 Å². The van der Waals surface area contributed by atoms with Crippen molar-refractivity contribution in [1.82, 2.24) is 19.6 Å². The van der Waals surface area contributed by atoms with Gasteiger partial charge in [0.1, 0.15) is 11.4 Å². The van der Waals surface area contributed by atoms with Gasteiger partial charge < -0.3 is 5.32 Å². The molecule has 0 saturated heterocycles. The summed E-state index contributed by atoms with van der Waals surface area (Å²) in [6.45, 7) is 10.2. The summed E-state index contributed by atoms with van der Waals surface area (Å²) in [5.41, 5.74) is 7.06. The number of hydrogen-bond acceptors (Lipinski definition) is 5. The molecule has 4 aromatic rings. The van der Waals surface area contributed by atoms with Crippen LogP contribution in [0.2, 0.25) is 0 Å². The summed E-state index contributed by atoms with van der Waals surface area (Å²) in [4.78, 5) is 23.8. The number of nitro groups is 1. The van der Waals surface area contributed by atoms with E-state index in [2.05, 4.69) is 34.6 Å².